The Morgan fingerprint density at radius 1 is 0.967 bits per heavy atom. The fraction of sp³-hybridized carbons (Fsp3) is 0.136. The Hall–Kier alpha value is -3.03. The molecule has 3 rings (SSSR count). The molecule has 0 saturated heterocycles. The van der Waals surface area contributed by atoms with Crippen LogP contribution in [0.3, 0.4) is 0 Å². The van der Waals surface area contributed by atoms with Gasteiger partial charge in [-0.2, -0.15) is 4.31 Å². The second-order valence-electron chi connectivity index (χ2n) is 6.69. The quantitative estimate of drug-likeness (QED) is 0.615. The van der Waals surface area contributed by atoms with E-state index in [0.29, 0.717) is 21.9 Å². The molecule has 1 N–H and O–H groups in total. The number of sulfonamides is 1. The first-order valence-corrected chi connectivity index (χ1v) is 10.8. The molecule has 156 valence electrons. The van der Waals surface area contributed by atoms with E-state index in [1.807, 2.05) is 0 Å². The lowest BCUT2D eigenvalue weighted by molar-refractivity contribution is 0.100. The fourth-order valence-electron chi connectivity index (χ4n) is 3.15. The van der Waals surface area contributed by atoms with E-state index in [2.05, 4.69) is 0 Å². The topological polar surface area (TPSA) is 83.9 Å². The van der Waals surface area contributed by atoms with Gasteiger partial charge in [-0.3, -0.25) is 4.79 Å². The van der Waals surface area contributed by atoms with Crippen molar-refractivity contribution in [2.75, 3.05) is 11.4 Å². The summed E-state index contributed by atoms with van der Waals surface area (Å²) in [7, 11) is -2.81. The molecule has 0 fully saturated rings. The first-order valence-electron chi connectivity index (χ1n) is 8.94. The van der Waals surface area contributed by atoms with Gasteiger partial charge in [0.05, 0.1) is 17.7 Å². The zero-order chi connectivity index (χ0) is 22.1. The van der Waals surface area contributed by atoms with Crippen LogP contribution in [0.4, 0.5) is 5.69 Å². The average Bonchev–Trinajstić information content (AvgIpc) is 2.70. The Kier molecular flexibility index (Phi) is 6.05. The van der Waals surface area contributed by atoms with E-state index in [4.69, 9.17) is 16.3 Å². The summed E-state index contributed by atoms with van der Waals surface area (Å²) in [6, 6.07) is 14.6. The summed E-state index contributed by atoms with van der Waals surface area (Å²) in [5.41, 5.74) is 1.21. The number of benzene rings is 3. The molecule has 0 atom stereocenters. The first-order chi connectivity index (χ1) is 14.1. The smallest absolute Gasteiger partial charge is 0.272 e. The maximum Gasteiger partial charge on any atom is 0.272 e. The van der Waals surface area contributed by atoms with E-state index in [1.165, 1.54) is 67.8 Å². The molecule has 6 nitrogen and oxygen atoms in total. The molecule has 0 spiro atoms. The minimum atomic E-state index is -4.28. The van der Waals surface area contributed by atoms with Crippen LogP contribution in [0.1, 0.15) is 21.5 Å². The van der Waals surface area contributed by atoms with Crippen LogP contribution in [0.2, 0.25) is 5.02 Å². The number of hydrogen-bond acceptors (Lipinski definition) is 5. The predicted octanol–water partition coefficient (Wildman–Crippen LogP) is 4.71. The average molecular weight is 446 g/mol. The highest BCUT2D eigenvalue weighted by Gasteiger charge is 2.34. The summed E-state index contributed by atoms with van der Waals surface area (Å²) >= 11 is 5.91. The Bertz CT molecular complexity index is 1170. The summed E-state index contributed by atoms with van der Waals surface area (Å²) < 4.78 is 33.0. The van der Waals surface area contributed by atoms with Crippen LogP contribution in [0.25, 0.3) is 0 Å². The highest BCUT2D eigenvalue weighted by molar-refractivity contribution is 7.93. The zero-order valence-electron chi connectivity index (χ0n) is 16.6. The van der Waals surface area contributed by atoms with E-state index in [-0.39, 0.29) is 21.9 Å². The number of ether oxygens (including phenoxy) is 1. The third kappa shape index (κ3) is 4.13. The lowest BCUT2D eigenvalue weighted by Crippen LogP contribution is -2.38. The fourth-order valence-corrected chi connectivity index (χ4v) is 4.82. The number of nitrogens with zero attached hydrogens (tertiary/aromatic N) is 1. The number of amides is 1. The standard InChI is InChI=1S/C22H20ClNO5S/c1-14-12-18(25)13-15(2)21(14)24(22(26)16-4-6-17(23)7-5-16)30(27,28)20-10-8-19(29-3)9-11-20/h4-13,25H,1-3H3. The molecule has 0 saturated carbocycles. The zero-order valence-corrected chi connectivity index (χ0v) is 18.2. The highest BCUT2D eigenvalue weighted by atomic mass is 35.5. The van der Waals surface area contributed by atoms with Crippen molar-refractivity contribution in [2.45, 2.75) is 18.7 Å². The molecular formula is C22H20ClNO5S. The Morgan fingerprint density at radius 3 is 2.00 bits per heavy atom. The van der Waals surface area contributed by atoms with Gasteiger partial charge < -0.3 is 9.84 Å². The minimum absolute atomic E-state index is 0.0190. The molecule has 0 aromatic heterocycles. The van der Waals surface area contributed by atoms with Gasteiger partial charge in [-0.15, -0.1) is 0 Å². The number of hydrogen-bond donors (Lipinski definition) is 1. The van der Waals surface area contributed by atoms with Gasteiger partial charge in [0.25, 0.3) is 15.9 Å². The van der Waals surface area contributed by atoms with E-state index in [0.717, 1.165) is 4.31 Å². The normalized spacial score (nSPS) is 11.2. The number of rotatable bonds is 5. The molecule has 0 bridgehead atoms. The number of phenolic OH excluding ortho intramolecular Hbond substituents is 1. The molecule has 0 aliphatic heterocycles. The lowest BCUT2D eigenvalue weighted by atomic mass is 10.1. The van der Waals surface area contributed by atoms with Gasteiger partial charge in [0, 0.05) is 10.6 Å². The van der Waals surface area contributed by atoms with Crippen LogP contribution in [0, 0.1) is 13.8 Å². The van der Waals surface area contributed by atoms with Crippen molar-refractivity contribution >= 4 is 33.2 Å². The second-order valence-corrected chi connectivity index (χ2v) is 8.91. The molecule has 1 amide bonds. The van der Waals surface area contributed by atoms with Crippen LogP contribution >= 0.6 is 11.6 Å². The Labute approximate surface area is 180 Å². The van der Waals surface area contributed by atoms with Crippen LogP contribution in [0.5, 0.6) is 11.5 Å². The third-order valence-corrected chi connectivity index (χ3v) is 6.50. The van der Waals surface area contributed by atoms with Crippen molar-refractivity contribution in [3.05, 3.63) is 82.4 Å². The monoisotopic (exact) mass is 445 g/mol. The van der Waals surface area contributed by atoms with Crippen molar-refractivity contribution in [1.82, 2.24) is 0 Å². The SMILES string of the molecule is COc1ccc(S(=O)(=O)N(C(=O)c2ccc(Cl)cc2)c2c(C)cc(O)cc2C)cc1. The highest BCUT2D eigenvalue weighted by Crippen LogP contribution is 2.34. The largest absolute Gasteiger partial charge is 0.508 e. The number of aryl methyl sites for hydroxylation is 2. The molecule has 8 heteroatoms. The molecular weight excluding hydrogens is 426 g/mol. The molecule has 0 radical (unpaired) electrons. The molecule has 3 aromatic rings. The van der Waals surface area contributed by atoms with Crippen molar-refractivity contribution in [2.24, 2.45) is 0 Å². The van der Waals surface area contributed by atoms with Gasteiger partial charge in [0.15, 0.2) is 0 Å². The maximum absolute atomic E-state index is 13.6. The molecule has 0 unspecified atom stereocenters. The summed E-state index contributed by atoms with van der Waals surface area (Å²) in [5, 5.41) is 10.3. The van der Waals surface area contributed by atoms with Gasteiger partial charge in [-0.1, -0.05) is 11.6 Å². The van der Waals surface area contributed by atoms with Crippen molar-refractivity contribution in [1.29, 1.82) is 0 Å². The number of phenols is 1. The molecule has 0 heterocycles. The minimum Gasteiger partial charge on any atom is -0.508 e. The first kappa shape index (κ1) is 21.7. The van der Waals surface area contributed by atoms with Gasteiger partial charge in [-0.05, 0) is 85.6 Å². The van der Waals surface area contributed by atoms with Gasteiger partial charge in [-0.25, -0.2) is 8.42 Å². The second kappa shape index (κ2) is 8.38. The van der Waals surface area contributed by atoms with E-state index in [9.17, 15) is 18.3 Å². The number of carbonyl (C=O) groups excluding carboxylic acids is 1. The summed E-state index contributed by atoms with van der Waals surface area (Å²) in [6.07, 6.45) is 0. The number of carbonyl (C=O) groups is 1. The molecule has 0 aliphatic rings. The van der Waals surface area contributed by atoms with Gasteiger partial charge >= 0.3 is 0 Å². The van der Waals surface area contributed by atoms with E-state index < -0.39 is 15.9 Å². The van der Waals surface area contributed by atoms with Gasteiger partial charge in [0.2, 0.25) is 0 Å². The summed E-state index contributed by atoms with van der Waals surface area (Å²) in [4.78, 5) is 13.3. The number of halogens is 1. The van der Waals surface area contributed by atoms with Crippen molar-refractivity contribution in [3.63, 3.8) is 0 Å². The number of anilines is 1. The summed E-state index contributed by atoms with van der Waals surface area (Å²) in [5.74, 6) is -0.268. The molecule has 0 aliphatic carbocycles. The third-order valence-electron chi connectivity index (χ3n) is 4.55. The van der Waals surface area contributed by atoms with Crippen molar-refractivity contribution < 1.29 is 23.1 Å². The summed E-state index contributed by atoms with van der Waals surface area (Å²) in [6.45, 7) is 3.27. The number of aromatic hydroxyl groups is 1. The van der Waals surface area contributed by atoms with Crippen LogP contribution in [-0.2, 0) is 10.0 Å². The Morgan fingerprint density at radius 2 is 1.50 bits per heavy atom. The Balaban J connectivity index is 2.24. The molecule has 3 aromatic carbocycles. The van der Waals surface area contributed by atoms with Gasteiger partial charge in [0.1, 0.15) is 11.5 Å². The lowest BCUT2D eigenvalue weighted by Gasteiger charge is -2.26. The van der Waals surface area contributed by atoms with Crippen LogP contribution < -0.4 is 9.04 Å². The maximum atomic E-state index is 13.6. The van der Waals surface area contributed by atoms with Crippen LogP contribution in [0.15, 0.2) is 65.6 Å². The predicted molar refractivity (Wildman–Crippen MR) is 116 cm³/mol. The van der Waals surface area contributed by atoms with Crippen molar-refractivity contribution in [3.8, 4) is 11.5 Å². The van der Waals surface area contributed by atoms with Crippen LogP contribution in [-0.4, -0.2) is 26.5 Å². The van der Waals surface area contributed by atoms with E-state index in [1.54, 1.807) is 13.8 Å². The van der Waals surface area contributed by atoms with E-state index >= 15 is 0 Å². The molecule has 30 heavy (non-hydrogen) atoms. The number of methoxy groups -OCH3 is 1.